The highest BCUT2D eigenvalue weighted by Crippen LogP contribution is 2.33. The van der Waals surface area contributed by atoms with Gasteiger partial charge in [0.05, 0.1) is 13.2 Å². The molecule has 0 bridgehead atoms. The minimum atomic E-state index is 0.278. The van der Waals surface area contributed by atoms with Crippen molar-refractivity contribution in [3.8, 4) is 5.75 Å². The first-order chi connectivity index (χ1) is 9.24. The lowest BCUT2D eigenvalue weighted by Gasteiger charge is -2.23. The first-order valence-electron chi connectivity index (χ1n) is 6.93. The molecule has 0 saturated carbocycles. The molecule has 19 heavy (non-hydrogen) atoms. The van der Waals surface area contributed by atoms with Gasteiger partial charge in [-0.2, -0.15) is 0 Å². The first kappa shape index (κ1) is 14.8. The molecule has 2 atom stereocenters. The van der Waals surface area contributed by atoms with Crippen LogP contribution < -0.4 is 10.1 Å². The van der Waals surface area contributed by atoms with Crippen LogP contribution in [0.4, 0.5) is 0 Å². The maximum Gasteiger partial charge on any atom is 0.123 e. The summed E-state index contributed by atoms with van der Waals surface area (Å²) in [5.41, 5.74) is 1.20. The van der Waals surface area contributed by atoms with Crippen molar-refractivity contribution in [1.29, 1.82) is 0 Å². The van der Waals surface area contributed by atoms with Crippen LogP contribution in [0, 0.1) is 0 Å². The Morgan fingerprint density at radius 1 is 1.53 bits per heavy atom. The second-order valence-corrected chi connectivity index (χ2v) is 5.78. The van der Waals surface area contributed by atoms with Crippen LogP contribution in [-0.4, -0.2) is 26.4 Å². The van der Waals surface area contributed by atoms with Gasteiger partial charge in [-0.3, -0.25) is 0 Å². The Morgan fingerprint density at radius 2 is 2.37 bits per heavy atom. The lowest BCUT2D eigenvalue weighted by molar-refractivity contribution is 0.0945. The van der Waals surface area contributed by atoms with Crippen LogP contribution in [0.1, 0.15) is 37.8 Å². The van der Waals surface area contributed by atoms with Crippen molar-refractivity contribution in [3.63, 3.8) is 0 Å². The average Bonchev–Trinajstić information content (AvgIpc) is 2.91. The number of hydrogen-bond donors (Lipinski definition) is 1. The second-order valence-electron chi connectivity index (χ2n) is 4.87. The molecule has 1 aromatic rings. The summed E-state index contributed by atoms with van der Waals surface area (Å²) in [6.07, 6.45) is 3.71. The van der Waals surface area contributed by atoms with E-state index >= 15 is 0 Å². The highest BCUT2D eigenvalue weighted by molar-refractivity contribution is 9.10. The van der Waals surface area contributed by atoms with E-state index in [1.807, 2.05) is 12.1 Å². The zero-order chi connectivity index (χ0) is 13.7. The molecular weight excluding hydrogens is 306 g/mol. The monoisotopic (exact) mass is 327 g/mol. The average molecular weight is 328 g/mol. The Bertz CT molecular complexity index is 405. The fraction of sp³-hybridized carbons (Fsp3) is 0.600. The summed E-state index contributed by atoms with van der Waals surface area (Å²) in [6, 6.07) is 6.44. The molecule has 1 N–H and O–H groups in total. The maximum absolute atomic E-state index is 5.76. The zero-order valence-corrected chi connectivity index (χ0v) is 13.2. The molecule has 4 heteroatoms. The van der Waals surface area contributed by atoms with Gasteiger partial charge in [0.1, 0.15) is 5.75 Å². The highest BCUT2D eigenvalue weighted by atomic mass is 79.9. The smallest absolute Gasteiger partial charge is 0.123 e. The number of methoxy groups -OCH3 is 1. The van der Waals surface area contributed by atoms with Gasteiger partial charge in [-0.05, 0) is 44.0 Å². The summed E-state index contributed by atoms with van der Waals surface area (Å²) in [5, 5.41) is 3.55. The number of rotatable bonds is 6. The normalized spacial score (nSPS) is 20.5. The van der Waals surface area contributed by atoms with Gasteiger partial charge in [0.25, 0.3) is 0 Å². The summed E-state index contributed by atoms with van der Waals surface area (Å²) in [6.45, 7) is 3.97. The summed E-state index contributed by atoms with van der Waals surface area (Å²) in [4.78, 5) is 0. The molecule has 0 spiro atoms. The van der Waals surface area contributed by atoms with Crippen LogP contribution in [0.15, 0.2) is 22.7 Å². The third kappa shape index (κ3) is 3.94. The summed E-state index contributed by atoms with van der Waals surface area (Å²) < 4.78 is 12.3. The van der Waals surface area contributed by atoms with Crippen molar-refractivity contribution in [2.45, 2.75) is 38.3 Å². The Hall–Kier alpha value is -0.580. The van der Waals surface area contributed by atoms with Crippen molar-refractivity contribution in [2.75, 3.05) is 20.3 Å². The van der Waals surface area contributed by atoms with E-state index in [1.54, 1.807) is 7.11 Å². The van der Waals surface area contributed by atoms with E-state index < -0.39 is 0 Å². The molecule has 1 aliphatic rings. The van der Waals surface area contributed by atoms with E-state index in [0.717, 1.165) is 36.2 Å². The largest absolute Gasteiger partial charge is 0.496 e. The number of benzene rings is 1. The third-order valence-corrected chi connectivity index (χ3v) is 4.03. The molecule has 1 aliphatic heterocycles. The lowest BCUT2D eigenvalue weighted by Crippen LogP contribution is -2.25. The van der Waals surface area contributed by atoms with E-state index in [2.05, 4.69) is 34.2 Å². The minimum Gasteiger partial charge on any atom is -0.496 e. The van der Waals surface area contributed by atoms with E-state index in [4.69, 9.17) is 9.47 Å². The molecule has 0 aliphatic carbocycles. The van der Waals surface area contributed by atoms with Crippen LogP contribution >= 0.6 is 15.9 Å². The van der Waals surface area contributed by atoms with E-state index in [1.165, 1.54) is 12.0 Å². The van der Waals surface area contributed by atoms with Gasteiger partial charge in [-0.25, -0.2) is 0 Å². The van der Waals surface area contributed by atoms with Gasteiger partial charge in [-0.1, -0.05) is 22.9 Å². The van der Waals surface area contributed by atoms with Crippen LogP contribution in [0.25, 0.3) is 0 Å². The second kappa shape index (κ2) is 7.27. The van der Waals surface area contributed by atoms with E-state index in [9.17, 15) is 0 Å². The molecular formula is C15H22BrNO2. The van der Waals surface area contributed by atoms with Crippen molar-refractivity contribution < 1.29 is 9.47 Å². The molecule has 0 radical (unpaired) electrons. The van der Waals surface area contributed by atoms with Crippen LogP contribution in [-0.2, 0) is 4.74 Å². The van der Waals surface area contributed by atoms with Gasteiger partial charge in [0.15, 0.2) is 0 Å². The van der Waals surface area contributed by atoms with Crippen molar-refractivity contribution in [1.82, 2.24) is 5.32 Å². The van der Waals surface area contributed by atoms with Crippen molar-refractivity contribution >= 4 is 15.9 Å². The summed E-state index contributed by atoms with van der Waals surface area (Å²) >= 11 is 3.54. The number of hydrogen-bond acceptors (Lipinski definition) is 3. The Balaban J connectivity index is 2.18. The SMILES string of the molecule is CCNC(CC1CCCO1)c1cc(Br)ccc1OC. The quantitative estimate of drug-likeness (QED) is 0.864. The highest BCUT2D eigenvalue weighted by Gasteiger charge is 2.23. The van der Waals surface area contributed by atoms with Crippen molar-refractivity contribution in [3.05, 3.63) is 28.2 Å². The lowest BCUT2D eigenvalue weighted by atomic mass is 9.98. The molecule has 1 saturated heterocycles. The molecule has 106 valence electrons. The number of nitrogens with one attached hydrogen (secondary N) is 1. The van der Waals surface area contributed by atoms with Gasteiger partial charge in [-0.15, -0.1) is 0 Å². The van der Waals surface area contributed by atoms with E-state index in [-0.39, 0.29) is 6.04 Å². The predicted octanol–water partition coefficient (Wildman–Crippen LogP) is 3.68. The molecule has 1 fully saturated rings. The molecule has 0 aromatic heterocycles. The minimum absolute atomic E-state index is 0.278. The standard InChI is InChI=1S/C15H22BrNO2/c1-3-17-14(10-12-5-4-8-19-12)13-9-11(16)6-7-15(13)18-2/h6-7,9,12,14,17H,3-5,8,10H2,1-2H3. The van der Waals surface area contributed by atoms with Crippen molar-refractivity contribution in [2.24, 2.45) is 0 Å². The summed E-state index contributed by atoms with van der Waals surface area (Å²) in [5.74, 6) is 0.937. The molecule has 2 rings (SSSR count). The third-order valence-electron chi connectivity index (χ3n) is 3.54. The van der Waals surface area contributed by atoms with Gasteiger partial charge in [0.2, 0.25) is 0 Å². The topological polar surface area (TPSA) is 30.5 Å². The fourth-order valence-electron chi connectivity index (χ4n) is 2.64. The zero-order valence-electron chi connectivity index (χ0n) is 11.6. The van der Waals surface area contributed by atoms with E-state index in [0.29, 0.717) is 6.10 Å². The number of halogens is 1. The maximum atomic E-state index is 5.76. The Kier molecular flexibility index (Phi) is 5.67. The van der Waals surface area contributed by atoms with Gasteiger partial charge >= 0.3 is 0 Å². The van der Waals surface area contributed by atoms with Crippen LogP contribution in [0.3, 0.4) is 0 Å². The predicted molar refractivity (Wildman–Crippen MR) is 80.7 cm³/mol. The Morgan fingerprint density at radius 3 is 3.00 bits per heavy atom. The van der Waals surface area contributed by atoms with Crippen LogP contribution in [0.5, 0.6) is 5.75 Å². The van der Waals surface area contributed by atoms with Gasteiger partial charge in [0, 0.05) is 22.7 Å². The first-order valence-corrected chi connectivity index (χ1v) is 7.72. The summed E-state index contributed by atoms with van der Waals surface area (Å²) in [7, 11) is 1.72. The van der Waals surface area contributed by atoms with Gasteiger partial charge < -0.3 is 14.8 Å². The molecule has 3 nitrogen and oxygen atoms in total. The molecule has 1 aromatic carbocycles. The fourth-order valence-corrected chi connectivity index (χ4v) is 3.02. The molecule has 1 heterocycles. The Labute approximate surface area is 123 Å². The van der Waals surface area contributed by atoms with Crippen LogP contribution in [0.2, 0.25) is 0 Å². The molecule has 0 amide bonds. The number of ether oxygens (including phenoxy) is 2. The molecule has 2 unspecified atom stereocenters.